The molecule has 6 heteroatoms. The number of aromatic nitrogens is 2. The van der Waals surface area contributed by atoms with E-state index in [2.05, 4.69) is 28.1 Å². The molecule has 0 unspecified atom stereocenters. The first kappa shape index (κ1) is 20.5. The largest absolute Gasteiger partial charge is 0.369 e. The van der Waals surface area contributed by atoms with Crippen LogP contribution < -0.4 is 0 Å². The fourth-order valence-electron chi connectivity index (χ4n) is 4.34. The molecule has 0 spiro atoms. The van der Waals surface area contributed by atoms with Gasteiger partial charge >= 0.3 is 0 Å². The summed E-state index contributed by atoms with van der Waals surface area (Å²) in [6, 6.07) is 20.0. The molecule has 0 N–H and O–H groups in total. The van der Waals surface area contributed by atoms with Crippen LogP contribution in [0.5, 0.6) is 0 Å². The quantitative estimate of drug-likeness (QED) is 0.493. The van der Waals surface area contributed by atoms with Crippen LogP contribution in [0.4, 0.5) is 0 Å². The molecule has 5 rings (SSSR count). The van der Waals surface area contributed by atoms with Crippen molar-refractivity contribution in [1.82, 2.24) is 19.8 Å². The Balaban J connectivity index is 1.45. The number of benzene rings is 2. The Morgan fingerprint density at radius 3 is 2.62 bits per heavy atom. The van der Waals surface area contributed by atoms with Crippen molar-refractivity contribution in [2.24, 2.45) is 0 Å². The summed E-state index contributed by atoms with van der Waals surface area (Å²) in [7, 11) is 3.55. The predicted molar refractivity (Wildman–Crippen MR) is 125 cm³/mol. The van der Waals surface area contributed by atoms with Crippen LogP contribution in [-0.4, -0.2) is 59.5 Å². The van der Waals surface area contributed by atoms with E-state index in [9.17, 15) is 4.79 Å². The Labute approximate surface area is 187 Å². The first-order valence-corrected chi connectivity index (χ1v) is 10.9. The first-order chi connectivity index (χ1) is 15.6. The van der Waals surface area contributed by atoms with Crippen LogP contribution in [0, 0.1) is 0 Å². The second-order valence-corrected chi connectivity index (χ2v) is 8.39. The third kappa shape index (κ3) is 3.95. The Kier molecular flexibility index (Phi) is 5.55. The van der Waals surface area contributed by atoms with E-state index >= 15 is 0 Å². The molecule has 0 bridgehead atoms. The van der Waals surface area contributed by atoms with E-state index in [1.807, 2.05) is 48.7 Å². The van der Waals surface area contributed by atoms with Gasteiger partial charge in [0.25, 0.3) is 5.91 Å². The maximum atomic E-state index is 12.9. The van der Waals surface area contributed by atoms with Gasteiger partial charge in [-0.1, -0.05) is 36.4 Å². The van der Waals surface area contributed by atoms with Crippen LogP contribution in [-0.2, 0) is 11.3 Å². The van der Waals surface area contributed by atoms with E-state index < -0.39 is 0 Å². The second kappa shape index (κ2) is 8.65. The Morgan fingerprint density at radius 2 is 1.81 bits per heavy atom. The van der Waals surface area contributed by atoms with Gasteiger partial charge in [0.2, 0.25) is 0 Å². The standard InChI is InChI=1S/C26H26N4O2/c1-29(2)26(31)21-15-24(28-23-10-6-4-8-20(21)23)25-17-30(13-14-32-25)16-18-11-12-27-22-9-5-3-7-19(18)22/h3-12,15,25H,13-14,16-17H2,1-2H3/t25-/m0/s1. The summed E-state index contributed by atoms with van der Waals surface area (Å²) in [6.07, 6.45) is 1.69. The van der Waals surface area contributed by atoms with Crippen molar-refractivity contribution in [2.75, 3.05) is 33.8 Å². The molecule has 4 aromatic rings. The zero-order valence-electron chi connectivity index (χ0n) is 18.4. The molecule has 1 aliphatic heterocycles. The van der Waals surface area contributed by atoms with Gasteiger partial charge in [0.1, 0.15) is 6.10 Å². The van der Waals surface area contributed by atoms with Crippen LogP contribution >= 0.6 is 0 Å². The fraction of sp³-hybridized carbons (Fsp3) is 0.269. The van der Waals surface area contributed by atoms with E-state index in [0.29, 0.717) is 12.2 Å². The topological polar surface area (TPSA) is 58.6 Å². The van der Waals surface area contributed by atoms with Gasteiger partial charge in [-0.25, -0.2) is 4.98 Å². The highest BCUT2D eigenvalue weighted by Gasteiger charge is 2.26. The lowest BCUT2D eigenvalue weighted by Gasteiger charge is -2.33. The van der Waals surface area contributed by atoms with Gasteiger partial charge in [-0.05, 0) is 29.8 Å². The number of pyridine rings is 2. The predicted octanol–water partition coefficient (Wildman–Crippen LogP) is 4.06. The number of morpholine rings is 1. The van der Waals surface area contributed by atoms with Gasteiger partial charge in [0.15, 0.2) is 0 Å². The third-order valence-electron chi connectivity index (χ3n) is 5.99. The van der Waals surface area contributed by atoms with Gasteiger partial charge in [-0.15, -0.1) is 0 Å². The van der Waals surface area contributed by atoms with E-state index in [0.717, 1.165) is 41.7 Å². The fourth-order valence-corrected chi connectivity index (χ4v) is 4.34. The number of nitrogens with zero attached hydrogens (tertiary/aromatic N) is 4. The van der Waals surface area contributed by atoms with Crippen LogP contribution in [0.25, 0.3) is 21.8 Å². The number of rotatable bonds is 4. The molecule has 1 aliphatic rings. The highest BCUT2D eigenvalue weighted by Crippen LogP contribution is 2.28. The van der Waals surface area contributed by atoms with Gasteiger partial charge in [0, 0.05) is 50.7 Å². The minimum absolute atomic E-state index is 0.0271. The van der Waals surface area contributed by atoms with Crippen LogP contribution in [0.1, 0.15) is 27.7 Å². The van der Waals surface area contributed by atoms with E-state index in [1.54, 1.807) is 19.0 Å². The van der Waals surface area contributed by atoms with Gasteiger partial charge in [-0.2, -0.15) is 0 Å². The van der Waals surface area contributed by atoms with Crippen LogP contribution in [0.3, 0.4) is 0 Å². The SMILES string of the molecule is CN(C)C(=O)c1cc([C@@H]2CN(Cc3ccnc4ccccc34)CCO2)nc2ccccc12. The zero-order valence-corrected chi connectivity index (χ0v) is 18.4. The second-order valence-electron chi connectivity index (χ2n) is 8.39. The lowest BCUT2D eigenvalue weighted by Crippen LogP contribution is -2.38. The Hall–Kier alpha value is -3.35. The van der Waals surface area contributed by atoms with Gasteiger partial charge < -0.3 is 9.64 Å². The summed E-state index contributed by atoms with van der Waals surface area (Å²) < 4.78 is 6.12. The summed E-state index contributed by atoms with van der Waals surface area (Å²) in [6.45, 7) is 3.01. The molecule has 1 saturated heterocycles. The van der Waals surface area contributed by atoms with E-state index in [-0.39, 0.29) is 12.0 Å². The molecule has 2 aromatic heterocycles. The van der Waals surface area contributed by atoms with Crippen molar-refractivity contribution >= 4 is 27.7 Å². The summed E-state index contributed by atoms with van der Waals surface area (Å²) in [5.74, 6) is -0.0271. The summed E-state index contributed by atoms with van der Waals surface area (Å²) in [4.78, 5) is 26.2. The monoisotopic (exact) mass is 426 g/mol. The number of carbonyl (C=O) groups excluding carboxylic acids is 1. The number of fused-ring (bicyclic) bond motifs is 2. The summed E-state index contributed by atoms with van der Waals surface area (Å²) in [5.41, 5.74) is 4.55. The maximum Gasteiger partial charge on any atom is 0.254 e. The van der Waals surface area contributed by atoms with Gasteiger partial charge in [-0.3, -0.25) is 14.7 Å². The van der Waals surface area contributed by atoms with Crippen molar-refractivity contribution < 1.29 is 9.53 Å². The number of para-hydroxylation sites is 2. The molecule has 6 nitrogen and oxygen atoms in total. The van der Waals surface area contributed by atoms with Gasteiger partial charge in [0.05, 0.1) is 28.9 Å². The van der Waals surface area contributed by atoms with Crippen molar-refractivity contribution in [3.05, 3.63) is 83.7 Å². The maximum absolute atomic E-state index is 12.9. The molecule has 1 atom stereocenters. The third-order valence-corrected chi connectivity index (χ3v) is 5.99. The number of hydrogen-bond donors (Lipinski definition) is 0. The van der Waals surface area contributed by atoms with Crippen molar-refractivity contribution in [3.63, 3.8) is 0 Å². The minimum Gasteiger partial charge on any atom is -0.369 e. The van der Waals surface area contributed by atoms with Crippen molar-refractivity contribution in [3.8, 4) is 0 Å². The molecule has 1 fully saturated rings. The molecule has 2 aromatic carbocycles. The summed E-state index contributed by atoms with van der Waals surface area (Å²) in [5, 5.41) is 2.05. The van der Waals surface area contributed by atoms with Crippen molar-refractivity contribution in [2.45, 2.75) is 12.6 Å². The average molecular weight is 427 g/mol. The lowest BCUT2D eigenvalue weighted by atomic mass is 10.0. The molecule has 0 saturated carbocycles. The van der Waals surface area contributed by atoms with E-state index in [1.165, 1.54) is 10.9 Å². The highest BCUT2D eigenvalue weighted by molar-refractivity contribution is 6.06. The first-order valence-electron chi connectivity index (χ1n) is 10.9. The zero-order chi connectivity index (χ0) is 22.1. The van der Waals surface area contributed by atoms with Crippen LogP contribution in [0.2, 0.25) is 0 Å². The molecular weight excluding hydrogens is 400 g/mol. The summed E-state index contributed by atoms with van der Waals surface area (Å²) >= 11 is 0. The number of ether oxygens (including phenoxy) is 1. The molecule has 0 radical (unpaired) electrons. The molecule has 32 heavy (non-hydrogen) atoms. The Bertz CT molecular complexity index is 1280. The molecule has 162 valence electrons. The molecular formula is C26H26N4O2. The smallest absolute Gasteiger partial charge is 0.254 e. The number of amides is 1. The number of hydrogen-bond acceptors (Lipinski definition) is 5. The van der Waals surface area contributed by atoms with E-state index in [4.69, 9.17) is 9.72 Å². The normalized spacial score (nSPS) is 17.0. The van der Waals surface area contributed by atoms with Crippen LogP contribution in [0.15, 0.2) is 66.9 Å². The molecule has 1 amide bonds. The lowest BCUT2D eigenvalue weighted by molar-refractivity contribution is -0.0347. The number of carbonyl (C=O) groups is 1. The average Bonchev–Trinajstić information content (AvgIpc) is 2.83. The molecule has 0 aliphatic carbocycles. The Morgan fingerprint density at radius 1 is 1.06 bits per heavy atom. The highest BCUT2D eigenvalue weighted by atomic mass is 16.5. The molecule has 3 heterocycles. The minimum atomic E-state index is -0.185. The van der Waals surface area contributed by atoms with Crippen molar-refractivity contribution in [1.29, 1.82) is 0 Å².